The fourth-order valence-electron chi connectivity index (χ4n) is 2.18. The molecule has 1 heterocycles. The SMILES string of the molecule is COc1ccc(C(=O)CSc2nnc(Nc3ccccc3)s2)cc1OC. The van der Waals surface area contributed by atoms with Crippen molar-refractivity contribution >= 4 is 39.7 Å². The third-order valence-electron chi connectivity index (χ3n) is 3.46. The largest absolute Gasteiger partial charge is 0.493 e. The third kappa shape index (κ3) is 4.53. The molecule has 26 heavy (non-hydrogen) atoms. The van der Waals surface area contributed by atoms with Crippen LogP contribution in [0.15, 0.2) is 52.9 Å². The molecule has 0 radical (unpaired) electrons. The van der Waals surface area contributed by atoms with Gasteiger partial charge in [0.25, 0.3) is 0 Å². The first kappa shape index (κ1) is 18.2. The minimum atomic E-state index is -0.0104. The smallest absolute Gasteiger partial charge is 0.210 e. The maximum Gasteiger partial charge on any atom is 0.210 e. The molecule has 0 bridgehead atoms. The highest BCUT2D eigenvalue weighted by Gasteiger charge is 2.13. The Morgan fingerprint density at radius 3 is 2.58 bits per heavy atom. The van der Waals surface area contributed by atoms with Crippen LogP contribution in [0.25, 0.3) is 0 Å². The number of carbonyl (C=O) groups excluding carboxylic acids is 1. The van der Waals surface area contributed by atoms with Gasteiger partial charge in [-0.05, 0) is 30.3 Å². The van der Waals surface area contributed by atoms with Crippen LogP contribution in [0.1, 0.15) is 10.4 Å². The molecule has 0 fully saturated rings. The summed E-state index contributed by atoms with van der Waals surface area (Å²) in [4.78, 5) is 12.4. The zero-order valence-electron chi connectivity index (χ0n) is 14.3. The van der Waals surface area contributed by atoms with Gasteiger partial charge in [-0.25, -0.2) is 0 Å². The Morgan fingerprint density at radius 2 is 1.85 bits per heavy atom. The average molecular weight is 387 g/mol. The summed E-state index contributed by atoms with van der Waals surface area (Å²) in [7, 11) is 3.11. The van der Waals surface area contributed by atoms with Gasteiger partial charge in [-0.1, -0.05) is 41.3 Å². The number of nitrogens with one attached hydrogen (secondary N) is 1. The van der Waals surface area contributed by atoms with Crippen molar-refractivity contribution < 1.29 is 14.3 Å². The Morgan fingerprint density at radius 1 is 1.08 bits per heavy atom. The molecule has 0 saturated heterocycles. The molecule has 3 aromatic rings. The van der Waals surface area contributed by atoms with Gasteiger partial charge >= 0.3 is 0 Å². The Balaban J connectivity index is 1.60. The first-order valence-corrected chi connectivity index (χ1v) is 9.53. The van der Waals surface area contributed by atoms with Crippen LogP contribution in [-0.4, -0.2) is 36.0 Å². The second kappa shape index (κ2) is 8.68. The monoisotopic (exact) mass is 387 g/mol. The van der Waals surface area contributed by atoms with E-state index in [1.54, 1.807) is 32.4 Å². The van der Waals surface area contributed by atoms with Crippen molar-refractivity contribution in [2.75, 3.05) is 25.3 Å². The van der Waals surface area contributed by atoms with E-state index in [4.69, 9.17) is 9.47 Å². The van der Waals surface area contributed by atoms with E-state index in [1.807, 2.05) is 30.3 Å². The first-order chi connectivity index (χ1) is 12.7. The van der Waals surface area contributed by atoms with Gasteiger partial charge in [0.05, 0.1) is 20.0 Å². The molecular weight excluding hydrogens is 370 g/mol. The fourth-order valence-corrected chi connectivity index (χ4v) is 3.85. The summed E-state index contributed by atoms with van der Waals surface area (Å²) in [6.45, 7) is 0. The van der Waals surface area contributed by atoms with Crippen molar-refractivity contribution in [1.82, 2.24) is 10.2 Å². The number of ketones is 1. The van der Waals surface area contributed by atoms with Crippen molar-refractivity contribution in [2.45, 2.75) is 4.34 Å². The van der Waals surface area contributed by atoms with Gasteiger partial charge in [0.1, 0.15) is 0 Å². The van der Waals surface area contributed by atoms with E-state index in [0.29, 0.717) is 22.2 Å². The van der Waals surface area contributed by atoms with Crippen LogP contribution >= 0.6 is 23.1 Å². The van der Waals surface area contributed by atoms with Gasteiger partial charge in [0.2, 0.25) is 5.13 Å². The predicted octanol–water partition coefficient (Wildman–Crippen LogP) is 4.27. The van der Waals surface area contributed by atoms with Gasteiger partial charge in [-0.3, -0.25) is 4.79 Å². The van der Waals surface area contributed by atoms with E-state index in [-0.39, 0.29) is 11.5 Å². The number of hydrogen-bond donors (Lipinski definition) is 1. The minimum absolute atomic E-state index is 0.0104. The number of thioether (sulfide) groups is 1. The minimum Gasteiger partial charge on any atom is -0.493 e. The molecule has 0 saturated carbocycles. The Kier molecular flexibility index (Phi) is 6.08. The van der Waals surface area contributed by atoms with Crippen LogP contribution in [0, 0.1) is 0 Å². The Hall–Kier alpha value is -2.58. The highest BCUT2D eigenvalue weighted by atomic mass is 32.2. The number of Topliss-reactive ketones (excluding diaryl/α,β-unsaturated/α-hetero) is 1. The van der Waals surface area contributed by atoms with Crippen LogP contribution in [0.5, 0.6) is 11.5 Å². The number of methoxy groups -OCH3 is 2. The van der Waals surface area contributed by atoms with E-state index < -0.39 is 0 Å². The quantitative estimate of drug-likeness (QED) is 0.457. The number of nitrogens with zero attached hydrogens (tertiary/aromatic N) is 2. The highest BCUT2D eigenvalue weighted by molar-refractivity contribution is 8.01. The lowest BCUT2D eigenvalue weighted by atomic mass is 10.1. The summed E-state index contributed by atoms with van der Waals surface area (Å²) < 4.78 is 11.2. The van der Waals surface area contributed by atoms with Gasteiger partial charge in [0.15, 0.2) is 21.6 Å². The normalized spacial score (nSPS) is 10.4. The number of rotatable bonds is 8. The molecule has 0 unspecified atom stereocenters. The molecule has 0 atom stereocenters. The van der Waals surface area contributed by atoms with Crippen molar-refractivity contribution in [1.29, 1.82) is 0 Å². The van der Waals surface area contributed by atoms with Gasteiger partial charge < -0.3 is 14.8 Å². The Bertz CT molecular complexity index is 884. The molecular formula is C18H17N3O3S2. The lowest BCUT2D eigenvalue weighted by Gasteiger charge is -2.08. The molecule has 0 spiro atoms. The summed E-state index contributed by atoms with van der Waals surface area (Å²) in [5, 5.41) is 12.1. The molecule has 0 aliphatic carbocycles. The second-order valence-corrected chi connectivity index (χ2v) is 7.35. The van der Waals surface area contributed by atoms with Gasteiger partial charge in [-0.15, -0.1) is 10.2 Å². The summed E-state index contributed by atoms with van der Waals surface area (Å²) in [5.41, 5.74) is 1.52. The lowest BCUT2D eigenvalue weighted by molar-refractivity contribution is 0.102. The molecule has 134 valence electrons. The molecule has 2 aromatic carbocycles. The second-order valence-electron chi connectivity index (χ2n) is 5.15. The molecule has 6 nitrogen and oxygen atoms in total. The van der Waals surface area contributed by atoms with Gasteiger partial charge in [-0.2, -0.15) is 0 Å². The van der Waals surface area contributed by atoms with E-state index in [9.17, 15) is 4.79 Å². The standard InChI is InChI=1S/C18H17N3O3S2/c1-23-15-9-8-12(10-16(15)24-2)14(22)11-25-18-21-20-17(26-18)19-13-6-4-3-5-7-13/h3-10H,11H2,1-2H3,(H,19,20). The van der Waals surface area contributed by atoms with Crippen molar-refractivity contribution in [3.63, 3.8) is 0 Å². The molecule has 8 heteroatoms. The molecule has 0 amide bonds. The fraction of sp³-hybridized carbons (Fsp3) is 0.167. The van der Waals surface area contributed by atoms with E-state index in [1.165, 1.54) is 23.1 Å². The number of ether oxygens (including phenoxy) is 2. The molecule has 1 aromatic heterocycles. The van der Waals surface area contributed by atoms with Crippen LogP contribution in [0.4, 0.5) is 10.8 Å². The number of carbonyl (C=O) groups is 1. The maximum atomic E-state index is 12.4. The molecule has 0 aliphatic heterocycles. The van der Waals surface area contributed by atoms with Crippen molar-refractivity contribution in [3.8, 4) is 11.5 Å². The number of hydrogen-bond acceptors (Lipinski definition) is 8. The lowest BCUT2D eigenvalue weighted by Crippen LogP contribution is -2.03. The highest BCUT2D eigenvalue weighted by Crippen LogP contribution is 2.30. The zero-order valence-corrected chi connectivity index (χ0v) is 15.9. The van der Waals surface area contributed by atoms with E-state index >= 15 is 0 Å². The summed E-state index contributed by atoms with van der Waals surface area (Å²) in [5.74, 6) is 1.39. The summed E-state index contributed by atoms with van der Waals surface area (Å²) >= 11 is 2.77. The van der Waals surface area contributed by atoms with Crippen molar-refractivity contribution in [3.05, 3.63) is 54.1 Å². The Labute approximate surface area is 159 Å². The third-order valence-corrected chi connectivity index (χ3v) is 5.44. The summed E-state index contributed by atoms with van der Waals surface area (Å²) in [6.07, 6.45) is 0. The van der Waals surface area contributed by atoms with E-state index in [2.05, 4.69) is 15.5 Å². The number of para-hydroxylation sites is 1. The average Bonchev–Trinajstić information content (AvgIpc) is 3.13. The van der Waals surface area contributed by atoms with Crippen LogP contribution in [0.2, 0.25) is 0 Å². The molecule has 0 aliphatic rings. The topological polar surface area (TPSA) is 73.3 Å². The van der Waals surface area contributed by atoms with Crippen LogP contribution in [0.3, 0.4) is 0 Å². The zero-order chi connectivity index (χ0) is 18.4. The molecule has 3 rings (SSSR count). The van der Waals surface area contributed by atoms with Crippen LogP contribution in [-0.2, 0) is 0 Å². The summed E-state index contributed by atoms with van der Waals surface area (Å²) in [6, 6.07) is 14.9. The van der Waals surface area contributed by atoms with Gasteiger partial charge in [0, 0.05) is 11.3 Å². The molecule has 1 N–H and O–H groups in total. The maximum absolute atomic E-state index is 12.4. The van der Waals surface area contributed by atoms with Crippen LogP contribution < -0.4 is 14.8 Å². The first-order valence-electron chi connectivity index (χ1n) is 7.73. The number of anilines is 2. The van der Waals surface area contributed by atoms with E-state index in [0.717, 1.165) is 10.0 Å². The predicted molar refractivity (Wildman–Crippen MR) is 104 cm³/mol. The van der Waals surface area contributed by atoms with Crippen molar-refractivity contribution in [2.24, 2.45) is 0 Å². The number of aromatic nitrogens is 2. The number of benzene rings is 2.